The Labute approximate surface area is 150 Å². The molecule has 0 atom stereocenters. The molecule has 0 saturated carbocycles. The van der Waals surface area contributed by atoms with Crippen LogP contribution < -0.4 is 0 Å². The summed E-state index contributed by atoms with van der Waals surface area (Å²) in [6, 6.07) is 6.35. The van der Waals surface area contributed by atoms with Gasteiger partial charge in [-0.3, -0.25) is 4.99 Å². The van der Waals surface area contributed by atoms with Crippen molar-refractivity contribution in [1.82, 2.24) is 0 Å². The summed E-state index contributed by atoms with van der Waals surface area (Å²) in [5.74, 6) is 1.05. The number of hydrogen-bond donors (Lipinski definition) is 0. The minimum Gasteiger partial charge on any atom is -0.270 e. The highest BCUT2D eigenvalue weighted by Gasteiger charge is 2.01. The zero-order valence-electron chi connectivity index (χ0n) is 14.7. The quantitative estimate of drug-likeness (QED) is 0.256. The Bertz CT molecular complexity index is 692. The standard InChI is InChI=1S/C21H25ClN2/c1-5-7-10-19-15-18(13-12-17(19)3)9-8-11-20(16-22)21(23-4)24-14-6-2/h5,7-15H,1,6,16H2,2-4H3/b9-8+,10-7-,20-11+,23-21?,24-14?. The van der Waals surface area contributed by atoms with Crippen LogP contribution in [0.25, 0.3) is 12.2 Å². The number of aliphatic imine (C=N–C) groups is 2. The lowest BCUT2D eigenvalue weighted by molar-refractivity contribution is 1.30. The fourth-order valence-electron chi connectivity index (χ4n) is 2.03. The average molecular weight is 341 g/mol. The van der Waals surface area contributed by atoms with Crippen molar-refractivity contribution in [2.45, 2.75) is 20.3 Å². The fraction of sp³-hybridized carbons (Fsp3) is 0.238. The van der Waals surface area contributed by atoms with Crippen molar-refractivity contribution in [3.63, 3.8) is 0 Å². The van der Waals surface area contributed by atoms with Gasteiger partial charge in [-0.25, -0.2) is 4.99 Å². The van der Waals surface area contributed by atoms with Crippen molar-refractivity contribution < 1.29 is 0 Å². The predicted molar refractivity (Wildman–Crippen MR) is 110 cm³/mol. The minimum atomic E-state index is 0.374. The van der Waals surface area contributed by atoms with Gasteiger partial charge in [-0.05, 0) is 36.1 Å². The first-order valence-electron chi connectivity index (χ1n) is 7.98. The highest BCUT2D eigenvalue weighted by Crippen LogP contribution is 2.15. The van der Waals surface area contributed by atoms with E-state index in [-0.39, 0.29) is 0 Å². The molecule has 0 heterocycles. The molecule has 0 aliphatic carbocycles. The number of benzene rings is 1. The number of amidine groups is 1. The van der Waals surface area contributed by atoms with Gasteiger partial charge >= 0.3 is 0 Å². The number of allylic oxidation sites excluding steroid dienone is 4. The highest BCUT2D eigenvalue weighted by molar-refractivity contribution is 6.23. The van der Waals surface area contributed by atoms with Crippen LogP contribution in [0.15, 0.2) is 64.6 Å². The van der Waals surface area contributed by atoms with E-state index < -0.39 is 0 Å². The van der Waals surface area contributed by atoms with Crippen molar-refractivity contribution in [3.8, 4) is 0 Å². The van der Waals surface area contributed by atoms with Gasteiger partial charge in [-0.2, -0.15) is 0 Å². The Kier molecular flexibility index (Phi) is 9.40. The third kappa shape index (κ3) is 6.51. The smallest absolute Gasteiger partial charge is 0.150 e. The predicted octanol–water partition coefficient (Wildman–Crippen LogP) is 5.88. The third-order valence-electron chi connectivity index (χ3n) is 3.34. The van der Waals surface area contributed by atoms with E-state index in [9.17, 15) is 0 Å². The van der Waals surface area contributed by atoms with Crippen molar-refractivity contribution in [2.75, 3.05) is 12.9 Å². The van der Waals surface area contributed by atoms with Crippen LogP contribution in [0, 0.1) is 6.92 Å². The van der Waals surface area contributed by atoms with Gasteiger partial charge in [0.2, 0.25) is 0 Å². The van der Waals surface area contributed by atoms with E-state index in [4.69, 9.17) is 11.6 Å². The molecule has 0 spiro atoms. The second-order valence-corrected chi connectivity index (χ2v) is 5.43. The topological polar surface area (TPSA) is 24.7 Å². The molecule has 0 saturated heterocycles. The molecule has 0 amide bonds. The summed E-state index contributed by atoms with van der Waals surface area (Å²) >= 11 is 6.03. The Morgan fingerprint density at radius 2 is 2.04 bits per heavy atom. The number of alkyl halides is 1. The second-order valence-electron chi connectivity index (χ2n) is 5.16. The zero-order chi connectivity index (χ0) is 17.8. The molecule has 0 fully saturated rings. The van der Waals surface area contributed by atoms with Crippen molar-refractivity contribution in [1.29, 1.82) is 0 Å². The largest absolute Gasteiger partial charge is 0.270 e. The molecule has 0 bridgehead atoms. The molecule has 24 heavy (non-hydrogen) atoms. The summed E-state index contributed by atoms with van der Waals surface area (Å²) < 4.78 is 0. The van der Waals surface area contributed by atoms with E-state index in [0.29, 0.717) is 11.7 Å². The van der Waals surface area contributed by atoms with Crippen LogP contribution >= 0.6 is 11.6 Å². The van der Waals surface area contributed by atoms with Crippen LogP contribution in [0.5, 0.6) is 0 Å². The van der Waals surface area contributed by atoms with Crippen molar-refractivity contribution in [2.24, 2.45) is 9.98 Å². The number of nitrogens with zero attached hydrogens (tertiary/aromatic N) is 2. The number of halogens is 1. The van der Waals surface area contributed by atoms with Gasteiger partial charge in [0.25, 0.3) is 0 Å². The van der Waals surface area contributed by atoms with Crippen molar-refractivity contribution >= 4 is 35.8 Å². The molecule has 3 heteroatoms. The van der Waals surface area contributed by atoms with Crippen LogP contribution in [0.2, 0.25) is 0 Å². The third-order valence-corrected chi connectivity index (χ3v) is 3.63. The minimum absolute atomic E-state index is 0.374. The highest BCUT2D eigenvalue weighted by atomic mass is 35.5. The van der Waals surface area contributed by atoms with Gasteiger partial charge < -0.3 is 0 Å². The van der Waals surface area contributed by atoms with E-state index in [1.807, 2.05) is 37.4 Å². The molecule has 0 N–H and O–H groups in total. The van der Waals surface area contributed by atoms with E-state index >= 15 is 0 Å². The van der Waals surface area contributed by atoms with Gasteiger partial charge in [-0.15, -0.1) is 11.6 Å². The summed E-state index contributed by atoms with van der Waals surface area (Å²) in [6.45, 7) is 7.84. The maximum atomic E-state index is 6.03. The summed E-state index contributed by atoms with van der Waals surface area (Å²) in [5, 5.41) is 0. The van der Waals surface area contributed by atoms with E-state index in [1.54, 1.807) is 13.1 Å². The second kappa shape index (κ2) is 11.4. The Balaban J connectivity index is 3.00. The molecular formula is C21H25ClN2. The number of aryl methyl sites for hydroxylation is 1. The molecule has 0 aromatic heterocycles. The maximum Gasteiger partial charge on any atom is 0.150 e. The Morgan fingerprint density at radius 1 is 1.25 bits per heavy atom. The van der Waals surface area contributed by atoms with Gasteiger partial charge in [-0.1, -0.05) is 62.1 Å². The van der Waals surface area contributed by atoms with Gasteiger partial charge in [0.1, 0.15) is 0 Å². The molecule has 0 unspecified atom stereocenters. The molecule has 0 aliphatic heterocycles. The fourth-order valence-corrected chi connectivity index (χ4v) is 2.24. The average Bonchev–Trinajstić information content (AvgIpc) is 2.60. The lowest BCUT2D eigenvalue weighted by Crippen LogP contribution is -2.01. The molecule has 1 aromatic carbocycles. The molecule has 126 valence electrons. The number of hydrogen-bond acceptors (Lipinski definition) is 1. The van der Waals surface area contributed by atoms with Crippen molar-refractivity contribution in [3.05, 3.63) is 71.3 Å². The summed E-state index contributed by atoms with van der Waals surface area (Å²) in [6.07, 6.45) is 14.5. The maximum absolute atomic E-state index is 6.03. The SMILES string of the molecule is C=C/C=C\c1cc(/C=C/C=C(\CCl)C(N=CCC)=NC)ccc1C. The van der Waals surface area contributed by atoms with Crippen LogP contribution in [0.4, 0.5) is 0 Å². The molecule has 2 nitrogen and oxygen atoms in total. The summed E-state index contributed by atoms with van der Waals surface area (Å²) in [5.41, 5.74) is 4.44. The van der Waals surface area contributed by atoms with E-state index in [2.05, 4.69) is 47.8 Å². The lowest BCUT2D eigenvalue weighted by atomic mass is 10.0. The normalized spacial score (nSPS) is 13.5. The van der Waals surface area contributed by atoms with Gasteiger partial charge in [0.15, 0.2) is 5.84 Å². The first-order chi connectivity index (χ1) is 11.7. The molecular weight excluding hydrogens is 316 g/mol. The molecule has 1 rings (SSSR count). The first-order valence-corrected chi connectivity index (χ1v) is 8.52. The first kappa shape index (κ1) is 19.9. The van der Waals surface area contributed by atoms with Crippen LogP contribution in [-0.4, -0.2) is 25.0 Å². The van der Waals surface area contributed by atoms with Crippen LogP contribution in [0.1, 0.15) is 30.0 Å². The monoisotopic (exact) mass is 340 g/mol. The summed E-state index contributed by atoms with van der Waals surface area (Å²) in [4.78, 5) is 8.53. The number of rotatable bonds is 7. The Hall–Kier alpha value is -2.19. The lowest BCUT2D eigenvalue weighted by Gasteiger charge is -2.03. The van der Waals surface area contributed by atoms with E-state index in [1.165, 1.54) is 11.1 Å². The molecule has 0 radical (unpaired) electrons. The summed E-state index contributed by atoms with van der Waals surface area (Å²) in [7, 11) is 1.73. The van der Waals surface area contributed by atoms with Crippen LogP contribution in [0.3, 0.4) is 0 Å². The van der Waals surface area contributed by atoms with Crippen LogP contribution in [-0.2, 0) is 0 Å². The van der Waals surface area contributed by atoms with Gasteiger partial charge in [0, 0.05) is 18.8 Å². The molecule has 1 aromatic rings. The Morgan fingerprint density at radius 3 is 2.67 bits per heavy atom. The zero-order valence-corrected chi connectivity index (χ0v) is 15.4. The van der Waals surface area contributed by atoms with Gasteiger partial charge in [0.05, 0.1) is 5.88 Å². The molecule has 0 aliphatic rings. The van der Waals surface area contributed by atoms with E-state index in [0.717, 1.165) is 17.6 Å².